The van der Waals surface area contributed by atoms with Crippen molar-refractivity contribution >= 4 is 15.7 Å². The lowest BCUT2D eigenvalue weighted by molar-refractivity contribution is 0.504. The van der Waals surface area contributed by atoms with Crippen LogP contribution in [0.5, 0.6) is 0 Å². The van der Waals surface area contributed by atoms with Crippen molar-refractivity contribution in [2.75, 3.05) is 17.2 Å². The Morgan fingerprint density at radius 1 is 1.64 bits per heavy atom. The summed E-state index contributed by atoms with van der Waals surface area (Å²) >= 11 is 0. The van der Waals surface area contributed by atoms with Crippen LogP contribution in [0.25, 0.3) is 0 Å². The van der Waals surface area contributed by atoms with Crippen molar-refractivity contribution in [1.29, 1.82) is 0 Å². The molecule has 1 saturated heterocycles. The second kappa shape index (κ2) is 2.98. The van der Waals surface area contributed by atoms with Crippen LogP contribution in [0.3, 0.4) is 0 Å². The van der Waals surface area contributed by atoms with Crippen LogP contribution in [0.2, 0.25) is 0 Å². The Morgan fingerprint density at radius 3 is 2.79 bits per heavy atom. The highest BCUT2D eigenvalue weighted by Crippen LogP contribution is 2.25. The van der Waals surface area contributed by atoms with Crippen LogP contribution in [0.1, 0.15) is 18.2 Å². The van der Waals surface area contributed by atoms with Gasteiger partial charge < -0.3 is 5.73 Å². The van der Waals surface area contributed by atoms with Gasteiger partial charge in [-0.1, -0.05) is 0 Å². The van der Waals surface area contributed by atoms with E-state index in [-0.39, 0.29) is 17.5 Å². The Hall–Kier alpha value is -1.04. The maximum Gasteiger partial charge on any atom is 0.152 e. The quantitative estimate of drug-likeness (QED) is 0.722. The molecule has 1 aromatic heterocycles. The van der Waals surface area contributed by atoms with E-state index in [1.165, 1.54) is 0 Å². The molecule has 0 aliphatic carbocycles. The summed E-state index contributed by atoms with van der Waals surface area (Å²) in [6.07, 6.45) is 0.619. The van der Waals surface area contributed by atoms with Gasteiger partial charge >= 0.3 is 0 Å². The SMILES string of the molecule is Cc1cc(N)n([C@H]2CCS(=O)(=O)C2)n1. The van der Waals surface area contributed by atoms with Gasteiger partial charge in [-0.25, -0.2) is 13.1 Å². The summed E-state index contributed by atoms with van der Waals surface area (Å²) in [4.78, 5) is 0. The zero-order valence-corrected chi connectivity index (χ0v) is 8.79. The molecule has 1 aromatic rings. The van der Waals surface area contributed by atoms with Crippen molar-refractivity contribution in [2.24, 2.45) is 0 Å². The second-order valence-electron chi connectivity index (χ2n) is 3.71. The molecule has 2 rings (SSSR count). The molecule has 1 atom stereocenters. The predicted molar refractivity (Wildman–Crippen MR) is 53.7 cm³/mol. The molecular weight excluding hydrogens is 202 g/mol. The lowest BCUT2D eigenvalue weighted by atomic mass is 10.3. The summed E-state index contributed by atoms with van der Waals surface area (Å²) in [7, 11) is -2.87. The zero-order chi connectivity index (χ0) is 10.3. The van der Waals surface area contributed by atoms with E-state index < -0.39 is 9.84 Å². The maximum atomic E-state index is 11.3. The minimum Gasteiger partial charge on any atom is -0.384 e. The molecule has 0 radical (unpaired) electrons. The first kappa shape index (κ1) is 9.51. The molecule has 0 unspecified atom stereocenters. The molecule has 1 aliphatic heterocycles. The number of rotatable bonds is 1. The van der Waals surface area contributed by atoms with Crippen molar-refractivity contribution in [1.82, 2.24) is 9.78 Å². The molecular formula is C8H13N3O2S. The largest absolute Gasteiger partial charge is 0.384 e. The van der Waals surface area contributed by atoms with Crippen LogP contribution in [0.4, 0.5) is 5.82 Å². The van der Waals surface area contributed by atoms with Crippen LogP contribution in [0.15, 0.2) is 6.07 Å². The van der Waals surface area contributed by atoms with E-state index >= 15 is 0 Å². The summed E-state index contributed by atoms with van der Waals surface area (Å²) in [6, 6.07) is 1.68. The number of nitrogens with zero attached hydrogens (tertiary/aromatic N) is 2. The van der Waals surface area contributed by atoms with E-state index in [0.717, 1.165) is 5.69 Å². The van der Waals surface area contributed by atoms with E-state index in [4.69, 9.17) is 5.73 Å². The highest BCUT2D eigenvalue weighted by atomic mass is 32.2. The van der Waals surface area contributed by atoms with Crippen molar-refractivity contribution in [3.8, 4) is 0 Å². The second-order valence-corrected chi connectivity index (χ2v) is 5.94. The topological polar surface area (TPSA) is 78.0 Å². The number of hydrogen-bond donors (Lipinski definition) is 1. The van der Waals surface area contributed by atoms with Gasteiger partial charge in [-0.05, 0) is 13.3 Å². The monoisotopic (exact) mass is 215 g/mol. The molecule has 1 aliphatic rings. The number of sulfone groups is 1. The molecule has 6 heteroatoms. The minimum absolute atomic E-state index is 0.0753. The molecule has 2 heterocycles. The fourth-order valence-electron chi connectivity index (χ4n) is 1.80. The van der Waals surface area contributed by atoms with E-state index in [1.54, 1.807) is 10.7 Å². The molecule has 0 saturated carbocycles. The summed E-state index contributed by atoms with van der Waals surface area (Å²) in [6.45, 7) is 1.84. The molecule has 78 valence electrons. The normalized spacial score (nSPS) is 25.4. The third-order valence-corrected chi connectivity index (χ3v) is 4.19. The molecule has 2 N–H and O–H groups in total. The molecule has 1 fully saturated rings. The molecule has 0 amide bonds. The van der Waals surface area contributed by atoms with E-state index in [9.17, 15) is 8.42 Å². The van der Waals surface area contributed by atoms with Gasteiger partial charge in [0.25, 0.3) is 0 Å². The van der Waals surface area contributed by atoms with Gasteiger partial charge in [0, 0.05) is 6.07 Å². The summed E-state index contributed by atoms with van der Waals surface area (Å²) in [5.74, 6) is 0.957. The minimum atomic E-state index is -2.87. The first-order chi connectivity index (χ1) is 6.48. The maximum absolute atomic E-state index is 11.3. The van der Waals surface area contributed by atoms with Gasteiger partial charge in [-0.2, -0.15) is 5.10 Å². The molecule has 0 spiro atoms. The van der Waals surface area contributed by atoms with Crippen molar-refractivity contribution < 1.29 is 8.42 Å². The van der Waals surface area contributed by atoms with Crippen molar-refractivity contribution in [3.63, 3.8) is 0 Å². The molecule has 14 heavy (non-hydrogen) atoms. The highest BCUT2D eigenvalue weighted by molar-refractivity contribution is 7.91. The third-order valence-electron chi connectivity index (χ3n) is 2.44. The summed E-state index contributed by atoms with van der Waals surface area (Å²) < 4.78 is 24.1. The fourth-order valence-corrected chi connectivity index (χ4v) is 3.49. The van der Waals surface area contributed by atoms with Gasteiger partial charge in [0.05, 0.1) is 23.2 Å². The smallest absolute Gasteiger partial charge is 0.152 e. The van der Waals surface area contributed by atoms with Crippen LogP contribution in [0, 0.1) is 6.92 Å². The van der Waals surface area contributed by atoms with Crippen LogP contribution in [-0.2, 0) is 9.84 Å². The van der Waals surface area contributed by atoms with Crippen LogP contribution in [-0.4, -0.2) is 29.7 Å². The number of anilines is 1. The van der Waals surface area contributed by atoms with Gasteiger partial charge in [0.15, 0.2) is 9.84 Å². The van der Waals surface area contributed by atoms with Crippen molar-refractivity contribution in [2.45, 2.75) is 19.4 Å². The van der Waals surface area contributed by atoms with Crippen LogP contribution >= 0.6 is 0 Å². The van der Waals surface area contributed by atoms with E-state index in [2.05, 4.69) is 5.10 Å². The lowest BCUT2D eigenvalue weighted by Gasteiger charge is -2.09. The first-order valence-corrected chi connectivity index (χ1v) is 6.32. The Bertz CT molecular complexity index is 449. The highest BCUT2D eigenvalue weighted by Gasteiger charge is 2.30. The van der Waals surface area contributed by atoms with Gasteiger partial charge in [-0.3, -0.25) is 0 Å². The molecule has 0 bridgehead atoms. The first-order valence-electron chi connectivity index (χ1n) is 4.50. The van der Waals surface area contributed by atoms with E-state index in [0.29, 0.717) is 12.2 Å². The molecule has 0 aromatic carbocycles. The Kier molecular flexibility index (Phi) is 2.02. The van der Waals surface area contributed by atoms with Gasteiger partial charge in [-0.15, -0.1) is 0 Å². The average Bonchev–Trinajstić information content (AvgIpc) is 2.55. The van der Waals surface area contributed by atoms with Crippen molar-refractivity contribution in [3.05, 3.63) is 11.8 Å². The number of nitrogens with two attached hydrogens (primary N) is 1. The Labute approximate surface area is 82.8 Å². The number of hydrogen-bond acceptors (Lipinski definition) is 4. The zero-order valence-electron chi connectivity index (χ0n) is 7.97. The standard InChI is InChI=1S/C8H13N3O2S/c1-6-4-8(9)11(10-6)7-2-3-14(12,13)5-7/h4,7H,2-3,5,9H2,1H3/t7-/m0/s1. The average molecular weight is 215 g/mol. The summed E-state index contributed by atoms with van der Waals surface area (Å²) in [5, 5.41) is 4.18. The Balaban J connectivity index is 2.30. The lowest BCUT2D eigenvalue weighted by Crippen LogP contribution is -2.14. The summed E-state index contributed by atoms with van der Waals surface area (Å²) in [5.41, 5.74) is 6.54. The van der Waals surface area contributed by atoms with E-state index in [1.807, 2.05) is 6.92 Å². The fraction of sp³-hybridized carbons (Fsp3) is 0.625. The number of aromatic nitrogens is 2. The van der Waals surface area contributed by atoms with Crippen LogP contribution < -0.4 is 5.73 Å². The van der Waals surface area contributed by atoms with Gasteiger partial charge in [0.1, 0.15) is 5.82 Å². The Morgan fingerprint density at radius 2 is 2.36 bits per heavy atom. The number of aryl methyl sites for hydroxylation is 1. The van der Waals surface area contributed by atoms with Gasteiger partial charge in [0.2, 0.25) is 0 Å². The number of nitrogen functional groups attached to an aromatic ring is 1. The predicted octanol–water partition coefficient (Wildman–Crippen LogP) is 0.133. The third kappa shape index (κ3) is 1.61. The molecule has 5 nitrogen and oxygen atoms in total.